The Morgan fingerprint density at radius 2 is 1.58 bits per heavy atom. The highest BCUT2D eigenvalue weighted by atomic mass is 32.2. The number of rotatable bonds is 9. The normalized spacial score (nSPS) is 11.3. The molecule has 0 amide bonds. The van der Waals surface area contributed by atoms with Gasteiger partial charge in [0.2, 0.25) is 0 Å². The Morgan fingerprint density at radius 1 is 0.903 bits per heavy atom. The fourth-order valence-electron chi connectivity index (χ4n) is 2.77. The van der Waals surface area contributed by atoms with Crippen LogP contribution in [0.4, 0.5) is 0 Å². The van der Waals surface area contributed by atoms with Gasteiger partial charge in [-0.1, -0.05) is 17.7 Å². The van der Waals surface area contributed by atoms with Gasteiger partial charge in [0, 0.05) is 5.56 Å². The summed E-state index contributed by atoms with van der Waals surface area (Å²) in [7, 11) is -0.545. The summed E-state index contributed by atoms with van der Waals surface area (Å²) in [5.74, 6) is 2.09. The lowest BCUT2D eigenvalue weighted by Crippen LogP contribution is -2.18. The van der Waals surface area contributed by atoms with Crippen molar-refractivity contribution in [2.75, 3.05) is 14.2 Å². The molecule has 3 aromatic carbocycles. The first kappa shape index (κ1) is 22.2. The van der Waals surface area contributed by atoms with Gasteiger partial charge in [-0.3, -0.25) is 0 Å². The molecule has 8 heteroatoms. The lowest BCUT2D eigenvalue weighted by Gasteiger charge is -2.11. The van der Waals surface area contributed by atoms with Crippen molar-refractivity contribution < 1.29 is 22.6 Å². The summed E-state index contributed by atoms with van der Waals surface area (Å²) in [5, 5.41) is 3.89. The first-order chi connectivity index (χ1) is 14.9. The van der Waals surface area contributed by atoms with Crippen molar-refractivity contribution in [3.63, 3.8) is 0 Å². The molecule has 3 rings (SSSR count). The second-order valence-electron chi connectivity index (χ2n) is 6.70. The maximum atomic E-state index is 12.3. The van der Waals surface area contributed by atoms with Gasteiger partial charge in [-0.05, 0) is 67.1 Å². The summed E-state index contributed by atoms with van der Waals surface area (Å²) in [6.45, 7) is 2.16. The summed E-state index contributed by atoms with van der Waals surface area (Å²) in [5.41, 5.74) is 2.47. The average Bonchev–Trinajstić information content (AvgIpc) is 2.78. The first-order valence-corrected chi connectivity index (χ1v) is 10.9. The fourth-order valence-corrected chi connectivity index (χ4v) is 3.56. The third-order valence-electron chi connectivity index (χ3n) is 4.48. The van der Waals surface area contributed by atoms with Crippen molar-refractivity contribution in [2.24, 2.45) is 5.10 Å². The molecule has 0 atom stereocenters. The maximum Gasteiger partial charge on any atom is 0.276 e. The van der Waals surface area contributed by atoms with Gasteiger partial charge in [0.25, 0.3) is 10.0 Å². The van der Waals surface area contributed by atoms with Crippen molar-refractivity contribution in [3.05, 3.63) is 83.4 Å². The molecular formula is C23H24N2O5S. The number of aryl methyl sites for hydroxylation is 1. The molecule has 0 heterocycles. The standard InChI is InChI=1S/C23H24N2O5S/c1-17-4-11-22(12-5-17)31(26,27)25-24-15-18-6-13-23(29-3)19(14-18)16-30-21-9-7-20(28-2)8-10-21/h4-15,25H,16H2,1-3H3/b24-15-. The van der Waals surface area contributed by atoms with Gasteiger partial charge in [0.05, 0.1) is 25.3 Å². The van der Waals surface area contributed by atoms with Crippen LogP contribution in [0, 0.1) is 6.92 Å². The predicted octanol–water partition coefficient (Wildman–Crippen LogP) is 3.90. The van der Waals surface area contributed by atoms with E-state index in [0.29, 0.717) is 17.1 Å². The van der Waals surface area contributed by atoms with Crippen LogP contribution in [0.5, 0.6) is 17.2 Å². The number of benzene rings is 3. The van der Waals surface area contributed by atoms with Crippen LogP contribution in [0.1, 0.15) is 16.7 Å². The largest absolute Gasteiger partial charge is 0.497 e. The molecule has 0 aromatic heterocycles. The van der Waals surface area contributed by atoms with Crippen molar-refractivity contribution in [2.45, 2.75) is 18.4 Å². The molecule has 3 aromatic rings. The SMILES string of the molecule is COc1ccc(OCc2cc(/C=N\NS(=O)(=O)c3ccc(C)cc3)ccc2OC)cc1. The highest BCUT2D eigenvalue weighted by molar-refractivity contribution is 7.89. The number of ether oxygens (including phenoxy) is 3. The van der Waals surface area contributed by atoms with E-state index < -0.39 is 10.0 Å². The van der Waals surface area contributed by atoms with Gasteiger partial charge in [0.15, 0.2) is 0 Å². The van der Waals surface area contributed by atoms with E-state index in [2.05, 4.69) is 9.93 Å². The zero-order valence-electron chi connectivity index (χ0n) is 17.5. The molecule has 0 aliphatic heterocycles. The highest BCUT2D eigenvalue weighted by Crippen LogP contribution is 2.23. The van der Waals surface area contributed by atoms with E-state index in [0.717, 1.165) is 16.9 Å². The highest BCUT2D eigenvalue weighted by Gasteiger charge is 2.12. The monoisotopic (exact) mass is 440 g/mol. The molecule has 0 saturated carbocycles. The zero-order chi connectivity index (χ0) is 22.3. The summed E-state index contributed by atoms with van der Waals surface area (Å²) in [4.78, 5) is 2.38. The number of nitrogens with one attached hydrogen (secondary N) is 1. The van der Waals surface area contributed by atoms with Crippen molar-refractivity contribution >= 4 is 16.2 Å². The summed E-state index contributed by atoms with van der Waals surface area (Å²) in [6.07, 6.45) is 1.43. The van der Waals surface area contributed by atoms with Crippen LogP contribution in [0.15, 0.2) is 76.7 Å². The molecular weight excluding hydrogens is 416 g/mol. The molecule has 0 aliphatic rings. The number of nitrogens with zero attached hydrogens (tertiary/aromatic N) is 1. The van der Waals surface area contributed by atoms with Gasteiger partial charge in [-0.15, -0.1) is 0 Å². The smallest absolute Gasteiger partial charge is 0.276 e. The van der Waals surface area contributed by atoms with E-state index in [1.807, 2.05) is 37.3 Å². The van der Waals surface area contributed by atoms with Crippen LogP contribution < -0.4 is 19.0 Å². The quantitative estimate of drug-likeness (QED) is 0.403. The second kappa shape index (κ2) is 9.99. The lowest BCUT2D eigenvalue weighted by molar-refractivity contribution is 0.296. The van der Waals surface area contributed by atoms with E-state index >= 15 is 0 Å². The molecule has 7 nitrogen and oxygen atoms in total. The van der Waals surface area contributed by atoms with Crippen LogP contribution in [-0.4, -0.2) is 28.9 Å². The number of methoxy groups -OCH3 is 2. The minimum Gasteiger partial charge on any atom is -0.497 e. The molecule has 0 aliphatic carbocycles. The van der Waals surface area contributed by atoms with Crippen LogP contribution in [0.3, 0.4) is 0 Å². The van der Waals surface area contributed by atoms with E-state index in [1.54, 1.807) is 38.5 Å². The van der Waals surface area contributed by atoms with E-state index in [4.69, 9.17) is 14.2 Å². The lowest BCUT2D eigenvalue weighted by atomic mass is 10.1. The molecule has 0 unspecified atom stereocenters. The molecule has 0 bridgehead atoms. The maximum absolute atomic E-state index is 12.3. The Morgan fingerprint density at radius 3 is 2.23 bits per heavy atom. The molecule has 1 N–H and O–H groups in total. The third-order valence-corrected chi connectivity index (χ3v) is 5.71. The Hall–Kier alpha value is -3.52. The second-order valence-corrected chi connectivity index (χ2v) is 8.36. The topological polar surface area (TPSA) is 86.2 Å². The van der Waals surface area contributed by atoms with Gasteiger partial charge in [0.1, 0.15) is 23.9 Å². The molecule has 0 spiro atoms. The van der Waals surface area contributed by atoms with Crippen molar-refractivity contribution in [3.8, 4) is 17.2 Å². The van der Waals surface area contributed by atoms with E-state index in [1.165, 1.54) is 18.3 Å². The third kappa shape index (κ3) is 5.99. The van der Waals surface area contributed by atoms with Crippen LogP contribution in [0.25, 0.3) is 0 Å². The van der Waals surface area contributed by atoms with Crippen LogP contribution >= 0.6 is 0 Å². The Bertz CT molecular complexity index is 1140. The summed E-state index contributed by atoms with van der Waals surface area (Å²) >= 11 is 0. The average molecular weight is 441 g/mol. The van der Waals surface area contributed by atoms with Gasteiger partial charge < -0.3 is 14.2 Å². The van der Waals surface area contributed by atoms with Gasteiger partial charge >= 0.3 is 0 Å². The van der Waals surface area contributed by atoms with Crippen LogP contribution in [-0.2, 0) is 16.6 Å². The van der Waals surface area contributed by atoms with Crippen molar-refractivity contribution in [1.29, 1.82) is 0 Å². The molecule has 162 valence electrons. The van der Waals surface area contributed by atoms with E-state index in [9.17, 15) is 8.42 Å². The number of hydrogen-bond donors (Lipinski definition) is 1. The molecule has 0 saturated heterocycles. The fraction of sp³-hybridized carbons (Fsp3) is 0.174. The molecule has 0 radical (unpaired) electrons. The molecule has 0 fully saturated rings. The summed E-state index contributed by atoms with van der Waals surface area (Å²) < 4.78 is 41.0. The number of sulfonamides is 1. The predicted molar refractivity (Wildman–Crippen MR) is 119 cm³/mol. The van der Waals surface area contributed by atoms with Crippen LogP contribution in [0.2, 0.25) is 0 Å². The number of hydrazone groups is 1. The Labute approximate surface area is 182 Å². The molecule has 31 heavy (non-hydrogen) atoms. The van der Waals surface area contributed by atoms with Gasteiger partial charge in [-0.2, -0.15) is 13.5 Å². The Balaban J connectivity index is 1.69. The minimum atomic E-state index is -3.73. The first-order valence-electron chi connectivity index (χ1n) is 9.46. The minimum absolute atomic E-state index is 0.151. The zero-order valence-corrected chi connectivity index (χ0v) is 18.3. The number of hydrogen-bond acceptors (Lipinski definition) is 6. The van der Waals surface area contributed by atoms with Gasteiger partial charge in [-0.25, -0.2) is 4.83 Å². The van der Waals surface area contributed by atoms with E-state index in [-0.39, 0.29) is 11.5 Å². The summed E-state index contributed by atoms with van der Waals surface area (Å²) in [6, 6.07) is 19.2. The van der Waals surface area contributed by atoms with Crippen molar-refractivity contribution in [1.82, 2.24) is 4.83 Å². The Kier molecular flexibility index (Phi) is 7.15.